The van der Waals surface area contributed by atoms with Crippen molar-refractivity contribution in [2.24, 2.45) is 0 Å². The molecular weight excluding hydrogens is 648 g/mol. The summed E-state index contributed by atoms with van der Waals surface area (Å²) < 4.78 is 2.34. The Balaban J connectivity index is -0.000000333. The molecule has 0 saturated carbocycles. The summed E-state index contributed by atoms with van der Waals surface area (Å²) in [7, 11) is 4.21. The van der Waals surface area contributed by atoms with Gasteiger partial charge < -0.3 is 0 Å². The Hall–Kier alpha value is 2.34. The number of hydrogen-bond donors (Lipinski definition) is 0. The Morgan fingerprint density at radius 2 is 0.957 bits per heavy atom. The van der Waals surface area contributed by atoms with Crippen molar-refractivity contribution in [1.29, 1.82) is 0 Å². The van der Waals surface area contributed by atoms with Crippen molar-refractivity contribution in [2.45, 2.75) is 65.2 Å². The molecule has 0 spiro atoms. The van der Waals surface area contributed by atoms with Gasteiger partial charge in [0.1, 0.15) is 0 Å². The Morgan fingerprint density at radius 1 is 0.652 bits per heavy atom. The van der Waals surface area contributed by atoms with Crippen molar-refractivity contribution < 1.29 is 27.3 Å². The van der Waals surface area contributed by atoms with Crippen LogP contribution in [0.2, 0.25) is 0 Å². The summed E-state index contributed by atoms with van der Waals surface area (Å²) >= 11 is 11.9. The fourth-order valence-corrected chi connectivity index (χ4v) is 2.50. The third-order valence-electron chi connectivity index (χ3n) is 3.32. The average molecular weight is 681 g/mol. The molecule has 2 radical (unpaired) electrons. The zero-order chi connectivity index (χ0) is 17.4. The second kappa shape index (κ2) is 22.4. The van der Waals surface area contributed by atoms with Crippen LogP contribution in [0.15, 0.2) is 0 Å². The molecule has 0 atom stereocenters. The smallest absolute Gasteiger partial charge is 0 e. The van der Waals surface area contributed by atoms with Crippen molar-refractivity contribution in [2.75, 3.05) is 27.2 Å². The first-order valence-corrected chi connectivity index (χ1v) is 11.6. The molecule has 23 heavy (non-hydrogen) atoms. The summed E-state index contributed by atoms with van der Waals surface area (Å²) in [6, 6.07) is 0. The molecule has 0 unspecified atom stereocenters. The van der Waals surface area contributed by atoms with E-state index in [9.17, 15) is 0 Å². The van der Waals surface area contributed by atoms with Gasteiger partial charge in [-0.1, -0.05) is 0 Å². The quantitative estimate of drug-likeness (QED) is 0.230. The van der Waals surface area contributed by atoms with Crippen LogP contribution in [-0.4, -0.2) is 107 Å². The van der Waals surface area contributed by atoms with E-state index in [0.29, 0.717) is 0 Å². The SMILES string of the molecule is CCCCCCN(C)C([Se])=[Se].CCCCCCN(C)C([Se])=[Se].[Cd]. The Bertz CT molecular complexity index is 263. The zero-order valence-corrected chi connectivity index (χ0v) is 26.2. The standard InChI is InChI=1S/2C8H16NSe2.Cd/c2*1-3-4-5-6-7-9(2)8(10)11;/h2*3-7H2,1-2H3;. The molecule has 7 heteroatoms. The minimum Gasteiger partial charge on any atom is 0 e. The first-order valence-electron chi connectivity index (χ1n) is 8.20. The molecule has 0 N–H and O–H groups in total. The number of hydrogen-bond acceptors (Lipinski definition) is 2. The monoisotopic (exact) mass is 686 g/mol. The van der Waals surface area contributed by atoms with Gasteiger partial charge >= 0.3 is 172 Å². The molecule has 0 aromatic rings. The molecule has 0 rings (SSSR count). The fourth-order valence-electron chi connectivity index (χ4n) is 1.73. The second-order valence-corrected chi connectivity index (χ2v) is 11.4. The van der Waals surface area contributed by atoms with Crippen LogP contribution < -0.4 is 0 Å². The summed E-state index contributed by atoms with van der Waals surface area (Å²) in [4.78, 5) is 4.44. The van der Waals surface area contributed by atoms with Crippen LogP contribution in [0.25, 0.3) is 0 Å². The summed E-state index contributed by atoms with van der Waals surface area (Å²) in [5.74, 6) is 0. The van der Waals surface area contributed by atoms with E-state index in [1.807, 2.05) is 0 Å². The number of unbranched alkanes of at least 4 members (excludes halogenated alkanes) is 6. The van der Waals surface area contributed by atoms with Gasteiger partial charge in [-0.15, -0.1) is 0 Å². The van der Waals surface area contributed by atoms with E-state index >= 15 is 0 Å². The third-order valence-corrected chi connectivity index (χ3v) is 5.93. The first kappa shape index (κ1) is 30.1. The molecular formula is C16H32CdN2Se4. The van der Waals surface area contributed by atoms with E-state index in [2.05, 4.69) is 101 Å². The van der Waals surface area contributed by atoms with Crippen molar-refractivity contribution >= 4 is 70.1 Å². The maximum atomic E-state index is 2.97. The Morgan fingerprint density at radius 3 is 1.17 bits per heavy atom. The Kier molecular flexibility index (Phi) is 29.3. The van der Waals surface area contributed by atoms with Crippen LogP contribution in [0, 0.1) is 0 Å². The maximum absolute atomic E-state index is 2.97. The van der Waals surface area contributed by atoms with Crippen molar-refractivity contribution in [3.63, 3.8) is 0 Å². The normalized spacial score (nSPS) is 9.22. The predicted molar refractivity (Wildman–Crippen MR) is 107 cm³/mol. The van der Waals surface area contributed by atoms with Crippen molar-refractivity contribution in [1.82, 2.24) is 9.80 Å². The van der Waals surface area contributed by atoms with Gasteiger partial charge in [-0.25, -0.2) is 0 Å². The van der Waals surface area contributed by atoms with Crippen LogP contribution in [0.5, 0.6) is 0 Å². The summed E-state index contributed by atoms with van der Waals surface area (Å²) in [5, 5.41) is 0. The molecule has 0 heterocycles. The number of nitrogens with zero attached hydrogens (tertiary/aromatic N) is 2. The molecule has 132 valence electrons. The van der Waals surface area contributed by atoms with Gasteiger partial charge in [0.25, 0.3) is 0 Å². The summed E-state index contributed by atoms with van der Waals surface area (Å²) in [6.07, 6.45) is 10.7. The van der Waals surface area contributed by atoms with Gasteiger partial charge in [0.2, 0.25) is 0 Å². The van der Waals surface area contributed by atoms with Gasteiger partial charge in [-0.3, -0.25) is 0 Å². The molecule has 0 saturated heterocycles. The minimum absolute atomic E-state index is 0. The zero-order valence-electron chi connectivity index (χ0n) is 15.3. The van der Waals surface area contributed by atoms with E-state index in [1.165, 1.54) is 58.2 Å². The van der Waals surface area contributed by atoms with Gasteiger partial charge in [0.05, 0.1) is 0 Å². The molecule has 0 aliphatic carbocycles. The van der Waals surface area contributed by atoms with E-state index < -0.39 is 0 Å². The predicted octanol–water partition coefficient (Wildman–Crippen LogP) is 1.84. The van der Waals surface area contributed by atoms with Gasteiger partial charge in [0, 0.05) is 27.3 Å². The molecule has 0 aromatic heterocycles. The topological polar surface area (TPSA) is 6.48 Å². The van der Waals surface area contributed by atoms with E-state index in [4.69, 9.17) is 0 Å². The average Bonchev–Trinajstić information content (AvgIpc) is 2.48. The fraction of sp³-hybridized carbons (Fsp3) is 0.875. The van der Waals surface area contributed by atoms with E-state index in [0.717, 1.165) is 13.1 Å². The molecule has 0 amide bonds. The minimum atomic E-state index is 0. The van der Waals surface area contributed by atoms with Crippen LogP contribution in [0.3, 0.4) is 0 Å². The molecule has 2 nitrogen and oxygen atoms in total. The van der Waals surface area contributed by atoms with Crippen LogP contribution >= 0.6 is 0 Å². The van der Waals surface area contributed by atoms with E-state index in [1.54, 1.807) is 0 Å². The second-order valence-electron chi connectivity index (χ2n) is 5.50. The molecule has 0 bridgehead atoms. The van der Waals surface area contributed by atoms with E-state index in [-0.39, 0.29) is 27.3 Å². The van der Waals surface area contributed by atoms with Gasteiger partial charge in [-0.2, -0.15) is 0 Å². The largest absolute Gasteiger partial charge is 0 e. The van der Waals surface area contributed by atoms with Crippen LogP contribution in [-0.2, 0) is 27.3 Å². The van der Waals surface area contributed by atoms with Crippen LogP contribution in [0.1, 0.15) is 65.2 Å². The van der Waals surface area contributed by atoms with Crippen molar-refractivity contribution in [3.05, 3.63) is 0 Å². The summed E-state index contributed by atoms with van der Waals surface area (Å²) in [5.41, 5.74) is 0. The maximum Gasteiger partial charge on any atom is 0 e. The van der Waals surface area contributed by atoms with Crippen molar-refractivity contribution in [3.8, 4) is 0 Å². The molecule has 0 aromatic carbocycles. The molecule has 0 fully saturated rings. The summed E-state index contributed by atoms with van der Waals surface area (Å²) in [6.45, 7) is 6.80. The van der Waals surface area contributed by atoms with Gasteiger partial charge in [0.15, 0.2) is 0 Å². The first-order chi connectivity index (χ1) is 10.4. The number of rotatable bonds is 12. The Labute approximate surface area is 197 Å². The van der Waals surface area contributed by atoms with Crippen LogP contribution in [0.4, 0.5) is 0 Å². The molecule has 0 aliphatic heterocycles. The van der Waals surface area contributed by atoms with Gasteiger partial charge in [-0.05, 0) is 0 Å². The molecule has 0 aliphatic rings. The third kappa shape index (κ3) is 24.3.